The Labute approximate surface area is 125 Å². The van der Waals surface area contributed by atoms with E-state index in [1.54, 1.807) is 6.92 Å². The fraction of sp³-hybridized carbons (Fsp3) is 0.800. The minimum absolute atomic E-state index is 0.0349. The van der Waals surface area contributed by atoms with Crippen molar-refractivity contribution in [3.05, 3.63) is 0 Å². The molecule has 1 N–H and O–H groups in total. The minimum Gasteiger partial charge on any atom is -0.468 e. The molecule has 1 saturated carbocycles. The van der Waals surface area contributed by atoms with Crippen LogP contribution in [-0.2, 0) is 19.1 Å². The number of methoxy groups -OCH3 is 1. The number of likely N-dealkylation sites (tertiary alicyclic amines) is 1. The lowest BCUT2D eigenvalue weighted by Gasteiger charge is -2.25. The molecule has 0 radical (unpaired) electrons. The molecule has 6 nitrogen and oxygen atoms in total. The Bertz CT molecular complexity index is 416. The van der Waals surface area contributed by atoms with Crippen molar-refractivity contribution < 1.29 is 19.1 Å². The van der Waals surface area contributed by atoms with Crippen molar-refractivity contribution in [2.24, 2.45) is 0 Å². The van der Waals surface area contributed by atoms with Gasteiger partial charge in [0.2, 0.25) is 11.8 Å². The van der Waals surface area contributed by atoms with Gasteiger partial charge in [-0.25, -0.2) is 0 Å². The lowest BCUT2D eigenvalue weighted by molar-refractivity contribution is -0.143. The molecule has 1 saturated heterocycles. The number of rotatable bonds is 4. The second-order valence-corrected chi connectivity index (χ2v) is 5.92. The van der Waals surface area contributed by atoms with Crippen LogP contribution in [0.4, 0.5) is 0 Å². The number of amides is 2. The molecule has 2 unspecified atom stereocenters. The van der Waals surface area contributed by atoms with Gasteiger partial charge >= 0.3 is 5.97 Å². The van der Waals surface area contributed by atoms with E-state index in [0.717, 1.165) is 25.7 Å². The summed E-state index contributed by atoms with van der Waals surface area (Å²) in [5.74, 6) is -0.743. The number of nitrogens with one attached hydrogen (secondary N) is 1. The topological polar surface area (TPSA) is 75.7 Å². The fourth-order valence-electron chi connectivity index (χ4n) is 3.23. The van der Waals surface area contributed by atoms with Crippen LogP contribution in [-0.4, -0.2) is 47.9 Å². The van der Waals surface area contributed by atoms with Gasteiger partial charge in [-0.3, -0.25) is 24.6 Å². The number of imide groups is 1. The molecule has 6 heteroatoms. The Hall–Kier alpha value is -1.43. The quantitative estimate of drug-likeness (QED) is 0.475. The van der Waals surface area contributed by atoms with Gasteiger partial charge in [-0.1, -0.05) is 25.7 Å². The van der Waals surface area contributed by atoms with Gasteiger partial charge in [0.25, 0.3) is 0 Å². The molecule has 2 amide bonds. The highest BCUT2D eigenvalue weighted by Crippen LogP contribution is 2.26. The molecule has 2 rings (SSSR count). The van der Waals surface area contributed by atoms with Crippen LogP contribution in [0.5, 0.6) is 0 Å². The number of carbonyl (C=O) groups excluding carboxylic acids is 3. The fourth-order valence-corrected chi connectivity index (χ4v) is 3.23. The predicted octanol–water partition coefficient (Wildman–Crippen LogP) is 0.988. The highest BCUT2D eigenvalue weighted by molar-refractivity contribution is 6.06. The zero-order valence-corrected chi connectivity index (χ0v) is 12.8. The standard InChI is InChI=1S/C15H24N2O4/c1-10(15(20)21-2)16-12-9-13(18)17(14(12)19)11-7-5-3-4-6-8-11/h10-12,16H,3-9H2,1-2H3. The van der Waals surface area contributed by atoms with Crippen LogP contribution in [0.15, 0.2) is 0 Å². The van der Waals surface area contributed by atoms with Gasteiger partial charge in [-0.15, -0.1) is 0 Å². The number of carbonyl (C=O) groups is 3. The van der Waals surface area contributed by atoms with Gasteiger partial charge in [0, 0.05) is 6.04 Å². The van der Waals surface area contributed by atoms with E-state index in [1.165, 1.54) is 24.9 Å². The molecule has 0 spiro atoms. The zero-order valence-electron chi connectivity index (χ0n) is 12.8. The second-order valence-electron chi connectivity index (χ2n) is 5.92. The van der Waals surface area contributed by atoms with Crippen LogP contribution in [0.25, 0.3) is 0 Å². The van der Waals surface area contributed by atoms with Crippen molar-refractivity contribution in [1.29, 1.82) is 0 Å². The van der Waals surface area contributed by atoms with Gasteiger partial charge in [-0.05, 0) is 19.8 Å². The Morgan fingerprint density at radius 1 is 1.24 bits per heavy atom. The summed E-state index contributed by atoms with van der Waals surface area (Å²) < 4.78 is 4.63. The molecule has 0 aromatic heterocycles. The molecule has 2 fully saturated rings. The first-order valence-corrected chi connectivity index (χ1v) is 7.74. The van der Waals surface area contributed by atoms with Crippen LogP contribution < -0.4 is 5.32 Å². The SMILES string of the molecule is COC(=O)C(C)NC1CC(=O)N(C2CCCCCC2)C1=O. The first-order valence-electron chi connectivity index (χ1n) is 7.74. The molecule has 2 aliphatic rings. The monoisotopic (exact) mass is 296 g/mol. The summed E-state index contributed by atoms with van der Waals surface area (Å²) in [4.78, 5) is 37.5. The summed E-state index contributed by atoms with van der Waals surface area (Å²) in [6.45, 7) is 1.64. The predicted molar refractivity (Wildman–Crippen MR) is 76.4 cm³/mol. The third-order valence-electron chi connectivity index (χ3n) is 4.38. The third-order valence-corrected chi connectivity index (χ3v) is 4.38. The zero-order chi connectivity index (χ0) is 15.4. The average Bonchev–Trinajstić information content (AvgIpc) is 2.66. The highest BCUT2D eigenvalue weighted by atomic mass is 16.5. The van der Waals surface area contributed by atoms with Crippen LogP contribution >= 0.6 is 0 Å². The summed E-state index contributed by atoms with van der Waals surface area (Å²) in [6, 6.07) is -1.16. The van der Waals surface area contributed by atoms with Crippen molar-refractivity contribution in [3.63, 3.8) is 0 Å². The van der Waals surface area contributed by atoms with Crippen molar-refractivity contribution >= 4 is 17.8 Å². The van der Waals surface area contributed by atoms with E-state index >= 15 is 0 Å². The van der Waals surface area contributed by atoms with E-state index in [1.807, 2.05) is 0 Å². The average molecular weight is 296 g/mol. The Balaban J connectivity index is 2.00. The molecular weight excluding hydrogens is 272 g/mol. The van der Waals surface area contributed by atoms with Gasteiger partial charge in [0.1, 0.15) is 6.04 Å². The maximum atomic E-state index is 12.5. The lowest BCUT2D eigenvalue weighted by Crippen LogP contribution is -2.48. The molecule has 118 valence electrons. The Morgan fingerprint density at radius 2 is 1.86 bits per heavy atom. The van der Waals surface area contributed by atoms with E-state index in [-0.39, 0.29) is 24.3 Å². The van der Waals surface area contributed by atoms with E-state index in [4.69, 9.17) is 0 Å². The summed E-state index contributed by atoms with van der Waals surface area (Å²) in [5, 5.41) is 2.91. The van der Waals surface area contributed by atoms with Gasteiger partial charge < -0.3 is 4.74 Å². The van der Waals surface area contributed by atoms with Crippen LogP contribution in [0, 0.1) is 0 Å². The number of hydrogen-bond acceptors (Lipinski definition) is 5. The molecule has 1 aliphatic heterocycles. The number of nitrogens with zero attached hydrogens (tertiary/aromatic N) is 1. The smallest absolute Gasteiger partial charge is 0.322 e. The number of ether oxygens (including phenoxy) is 1. The molecular formula is C15H24N2O4. The van der Waals surface area contributed by atoms with Crippen molar-refractivity contribution in [3.8, 4) is 0 Å². The maximum absolute atomic E-state index is 12.5. The number of esters is 1. The summed E-state index contributed by atoms with van der Waals surface area (Å²) in [7, 11) is 1.31. The second kappa shape index (κ2) is 7.02. The van der Waals surface area contributed by atoms with Gasteiger partial charge in [0.05, 0.1) is 19.6 Å². The van der Waals surface area contributed by atoms with Crippen molar-refractivity contribution in [2.75, 3.05) is 7.11 Å². The van der Waals surface area contributed by atoms with Gasteiger partial charge in [-0.2, -0.15) is 0 Å². The van der Waals surface area contributed by atoms with Gasteiger partial charge in [0.15, 0.2) is 0 Å². The van der Waals surface area contributed by atoms with Crippen LogP contribution in [0.2, 0.25) is 0 Å². The van der Waals surface area contributed by atoms with E-state index in [9.17, 15) is 14.4 Å². The van der Waals surface area contributed by atoms with E-state index in [0.29, 0.717) is 0 Å². The molecule has 1 aliphatic carbocycles. The molecule has 0 bridgehead atoms. The Morgan fingerprint density at radius 3 is 2.43 bits per heavy atom. The molecule has 0 aromatic carbocycles. The normalized spacial score (nSPS) is 25.8. The summed E-state index contributed by atoms with van der Waals surface area (Å²) >= 11 is 0. The largest absolute Gasteiger partial charge is 0.468 e. The minimum atomic E-state index is -0.602. The first-order chi connectivity index (χ1) is 10.0. The van der Waals surface area contributed by atoms with E-state index in [2.05, 4.69) is 10.1 Å². The number of hydrogen-bond donors (Lipinski definition) is 1. The van der Waals surface area contributed by atoms with Crippen LogP contribution in [0.1, 0.15) is 51.9 Å². The Kier molecular flexibility index (Phi) is 5.33. The summed E-state index contributed by atoms with van der Waals surface area (Å²) in [6.07, 6.45) is 6.42. The molecule has 21 heavy (non-hydrogen) atoms. The lowest BCUT2D eigenvalue weighted by atomic mass is 10.1. The van der Waals surface area contributed by atoms with Crippen LogP contribution in [0.3, 0.4) is 0 Å². The van der Waals surface area contributed by atoms with Crippen molar-refractivity contribution in [2.45, 2.75) is 70.0 Å². The summed E-state index contributed by atoms with van der Waals surface area (Å²) in [5.41, 5.74) is 0. The molecule has 1 heterocycles. The maximum Gasteiger partial charge on any atom is 0.322 e. The first kappa shape index (κ1) is 15.9. The van der Waals surface area contributed by atoms with Crippen molar-refractivity contribution in [1.82, 2.24) is 10.2 Å². The molecule has 2 atom stereocenters. The third kappa shape index (κ3) is 3.61. The highest BCUT2D eigenvalue weighted by Gasteiger charge is 2.43. The molecule has 0 aromatic rings. The van der Waals surface area contributed by atoms with E-state index < -0.39 is 18.1 Å².